The van der Waals surface area contributed by atoms with Crippen LogP contribution in [0.15, 0.2) is 70.1 Å². The Balaban J connectivity index is 1.12. The topological polar surface area (TPSA) is 127 Å². The van der Waals surface area contributed by atoms with Gasteiger partial charge in [-0.3, -0.25) is 19.3 Å². The second kappa shape index (κ2) is 10.4. The summed E-state index contributed by atoms with van der Waals surface area (Å²) < 4.78 is 0. The zero-order valence-electron chi connectivity index (χ0n) is 20.5. The number of nitrogens with zero attached hydrogens (tertiary/aromatic N) is 2. The molecule has 4 N–H and O–H groups in total. The Hall–Kier alpha value is -4.48. The number of H-pyrrole nitrogens is 1. The minimum Gasteiger partial charge on any atom is -0.481 e. The molecule has 5 aromatic rings. The Kier molecular flexibility index (Phi) is 6.59. The Labute approximate surface area is 231 Å². The molecule has 2 amide bonds. The lowest BCUT2D eigenvalue weighted by molar-refractivity contribution is -0.137. The molecule has 0 spiro atoms. The fourth-order valence-corrected chi connectivity index (χ4v) is 6.53. The van der Waals surface area contributed by atoms with Gasteiger partial charge in [-0.15, -0.1) is 11.3 Å². The maximum absolute atomic E-state index is 13.4. The van der Waals surface area contributed by atoms with Gasteiger partial charge in [0.1, 0.15) is 6.54 Å². The third-order valence-corrected chi connectivity index (χ3v) is 8.17. The summed E-state index contributed by atoms with van der Waals surface area (Å²) in [7, 11) is 0. The van der Waals surface area contributed by atoms with E-state index in [0.717, 1.165) is 27.8 Å². The summed E-state index contributed by atoms with van der Waals surface area (Å²) in [6.07, 6.45) is -0.123. The first-order valence-corrected chi connectivity index (χ1v) is 14.1. The number of hydrogen-bond acceptors (Lipinski definition) is 7. The van der Waals surface area contributed by atoms with Gasteiger partial charge < -0.3 is 20.7 Å². The van der Waals surface area contributed by atoms with Gasteiger partial charge in [0, 0.05) is 28.9 Å². The number of amides is 2. The zero-order valence-corrected chi connectivity index (χ0v) is 22.1. The van der Waals surface area contributed by atoms with Crippen molar-refractivity contribution < 1.29 is 19.5 Å². The molecule has 39 heavy (non-hydrogen) atoms. The summed E-state index contributed by atoms with van der Waals surface area (Å²) in [6, 6.07) is 15.4. The predicted molar refractivity (Wildman–Crippen MR) is 152 cm³/mol. The van der Waals surface area contributed by atoms with Gasteiger partial charge in [-0.2, -0.15) is 11.3 Å². The van der Waals surface area contributed by atoms with Crippen molar-refractivity contribution in [3.05, 3.63) is 92.3 Å². The zero-order chi connectivity index (χ0) is 26.9. The van der Waals surface area contributed by atoms with E-state index in [9.17, 15) is 19.5 Å². The van der Waals surface area contributed by atoms with E-state index in [4.69, 9.17) is 0 Å². The van der Waals surface area contributed by atoms with Crippen molar-refractivity contribution in [1.29, 1.82) is 0 Å². The number of aliphatic carboxylic acids is 1. The molecule has 1 aliphatic heterocycles. The highest BCUT2D eigenvalue weighted by molar-refractivity contribution is 7.09. The molecule has 0 fully saturated rings. The Bertz CT molecular complexity index is 1650. The third kappa shape index (κ3) is 5.01. The number of hydrogen-bond donors (Lipinski definition) is 4. The number of carbonyl (C=O) groups excluding carboxylic acids is 2. The quantitative estimate of drug-likeness (QED) is 0.205. The molecule has 0 aliphatic carbocycles. The Morgan fingerprint density at radius 3 is 2.56 bits per heavy atom. The number of nitrogens with one attached hydrogen (secondary N) is 3. The lowest BCUT2D eigenvalue weighted by Crippen LogP contribution is -2.40. The van der Waals surface area contributed by atoms with E-state index in [2.05, 4.69) is 20.6 Å². The molecule has 0 saturated carbocycles. The molecule has 196 valence electrons. The van der Waals surface area contributed by atoms with Gasteiger partial charge in [-0.05, 0) is 51.7 Å². The molecule has 0 saturated heterocycles. The molecule has 2 aromatic carbocycles. The van der Waals surface area contributed by atoms with E-state index >= 15 is 0 Å². The van der Waals surface area contributed by atoms with Gasteiger partial charge in [0.15, 0.2) is 0 Å². The molecule has 9 nitrogen and oxygen atoms in total. The van der Waals surface area contributed by atoms with E-state index in [1.807, 2.05) is 59.3 Å². The van der Waals surface area contributed by atoms with Crippen molar-refractivity contribution in [3.63, 3.8) is 0 Å². The van der Waals surface area contributed by atoms with E-state index in [1.54, 1.807) is 10.8 Å². The fourth-order valence-electron chi connectivity index (χ4n) is 4.76. The van der Waals surface area contributed by atoms with Crippen molar-refractivity contribution >= 4 is 68.8 Å². The average molecular weight is 558 g/mol. The van der Waals surface area contributed by atoms with Crippen molar-refractivity contribution in [2.24, 2.45) is 0 Å². The molecule has 0 bridgehead atoms. The molecule has 6 rings (SSSR count). The molecule has 1 aliphatic rings. The first kappa shape index (κ1) is 24.8. The number of rotatable bonds is 8. The second-order valence-electron chi connectivity index (χ2n) is 9.20. The van der Waals surface area contributed by atoms with Crippen LogP contribution in [0.1, 0.15) is 39.4 Å². The van der Waals surface area contributed by atoms with Crippen LogP contribution < -0.4 is 15.5 Å². The van der Waals surface area contributed by atoms with E-state index in [1.165, 1.54) is 27.6 Å². The molecular formula is C28H23N5O4S2. The normalized spacial score (nSPS) is 14.5. The number of aromatic amines is 1. The highest BCUT2D eigenvalue weighted by Crippen LogP contribution is 2.43. The van der Waals surface area contributed by atoms with Crippen molar-refractivity contribution in [2.45, 2.75) is 18.9 Å². The first-order valence-electron chi connectivity index (χ1n) is 12.2. The number of para-hydroxylation sites is 2. The number of carbonyl (C=O) groups is 3. The Morgan fingerprint density at radius 2 is 1.77 bits per heavy atom. The standard InChI is InChI=1S/C28H23N5O4S2/c34-25(29-10-16-5-7-17(8-6-16)30-28-31-22-3-1-2-4-23(22)32-28)11-33-24-15-39-13-20(24)18(9-26(35)36)19-12-38-14-21(19)27(33)37/h1-8,12-15,18H,9-11H2,(H,29,34)(H,35,36)(H2,30,31,32). The molecule has 11 heteroatoms. The van der Waals surface area contributed by atoms with E-state index in [0.29, 0.717) is 29.3 Å². The van der Waals surface area contributed by atoms with Gasteiger partial charge in [-0.25, -0.2) is 4.98 Å². The third-order valence-electron chi connectivity index (χ3n) is 6.66. The molecule has 1 unspecified atom stereocenters. The first-order chi connectivity index (χ1) is 19.0. The number of carboxylic acid groups (broad SMARTS) is 1. The minimum atomic E-state index is -0.938. The minimum absolute atomic E-state index is 0.123. The van der Waals surface area contributed by atoms with Crippen LogP contribution in [0.4, 0.5) is 17.3 Å². The predicted octanol–water partition coefficient (Wildman–Crippen LogP) is 5.31. The molecule has 3 aromatic heterocycles. The van der Waals surface area contributed by atoms with Gasteiger partial charge in [0.2, 0.25) is 11.9 Å². The lowest BCUT2D eigenvalue weighted by atomic mass is 9.90. The van der Waals surface area contributed by atoms with Crippen LogP contribution in [0.2, 0.25) is 0 Å². The van der Waals surface area contributed by atoms with Crippen LogP contribution in [0.25, 0.3) is 11.0 Å². The smallest absolute Gasteiger partial charge is 0.304 e. The molecular weight excluding hydrogens is 534 g/mol. The highest BCUT2D eigenvalue weighted by Gasteiger charge is 2.35. The van der Waals surface area contributed by atoms with Crippen LogP contribution in [0, 0.1) is 0 Å². The van der Waals surface area contributed by atoms with Gasteiger partial charge in [-0.1, -0.05) is 24.3 Å². The number of anilines is 3. The number of aromatic nitrogens is 2. The fraction of sp³-hybridized carbons (Fsp3) is 0.143. The molecule has 1 atom stereocenters. The summed E-state index contributed by atoms with van der Waals surface area (Å²) >= 11 is 2.75. The largest absolute Gasteiger partial charge is 0.481 e. The van der Waals surface area contributed by atoms with Crippen molar-refractivity contribution in [2.75, 3.05) is 16.8 Å². The number of carboxylic acids is 1. The number of benzene rings is 2. The number of imidazole rings is 1. The van der Waals surface area contributed by atoms with E-state index < -0.39 is 11.9 Å². The SMILES string of the molecule is O=C(O)CC1c2cscc2C(=O)N(CC(=O)NCc2ccc(Nc3nc4ccccc4[nH]3)cc2)c2cscc21. The molecule has 0 radical (unpaired) electrons. The maximum atomic E-state index is 13.4. The van der Waals surface area contributed by atoms with Crippen LogP contribution >= 0.6 is 22.7 Å². The van der Waals surface area contributed by atoms with Crippen molar-refractivity contribution in [3.8, 4) is 0 Å². The van der Waals surface area contributed by atoms with Crippen LogP contribution in [-0.4, -0.2) is 39.4 Å². The summed E-state index contributed by atoms with van der Waals surface area (Å²) in [5.74, 6) is -1.33. The van der Waals surface area contributed by atoms with Gasteiger partial charge >= 0.3 is 5.97 Å². The molecule has 4 heterocycles. The monoisotopic (exact) mass is 557 g/mol. The summed E-state index contributed by atoms with van der Waals surface area (Å²) in [5.41, 5.74) is 6.08. The number of fused-ring (bicyclic) bond motifs is 3. The summed E-state index contributed by atoms with van der Waals surface area (Å²) in [4.78, 5) is 47.2. The van der Waals surface area contributed by atoms with Crippen LogP contribution in [-0.2, 0) is 16.1 Å². The average Bonchev–Trinajstić information content (AvgIpc) is 3.68. The summed E-state index contributed by atoms with van der Waals surface area (Å²) in [5, 5.41) is 22.9. The van der Waals surface area contributed by atoms with Crippen LogP contribution in [0.3, 0.4) is 0 Å². The highest BCUT2D eigenvalue weighted by atomic mass is 32.1. The second-order valence-corrected chi connectivity index (χ2v) is 10.7. The Morgan fingerprint density at radius 1 is 1.00 bits per heavy atom. The van der Waals surface area contributed by atoms with Gasteiger partial charge in [0.05, 0.1) is 28.7 Å². The van der Waals surface area contributed by atoms with Gasteiger partial charge in [0.25, 0.3) is 5.91 Å². The maximum Gasteiger partial charge on any atom is 0.304 e. The number of thiophene rings is 2. The van der Waals surface area contributed by atoms with Crippen LogP contribution in [0.5, 0.6) is 0 Å². The van der Waals surface area contributed by atoms with E-state index in [-0.39, 0.29) is 24.8 Å². The van der Waals surface area contributed by atoms with Crippen molar-refractivity contribution in [1.82, 2.24) is 15.3 Å². The summed E-state index contributed by atoms with van der Waals surface area (Å²) in [6.45, 7) is 0.136. The lowest BCUT2D eigenvalue weighted by Gasteiger charge is -2.21.